The van der Waals surface area contributed by atoms with Gasteiger partial charge < -0.3 is 14.8 Å². The Bertz CT molecular complexity index is 851. The summed E-state index contributed by atoms with van der Waals surface area (Å²) >= 11 is 5.90. The second kappa shape index (κ2) is 6.37. The van der Waals surface area contributed by atoms with Gasteiger partial charge in [-0.2, -0.15) is 0 Å². The van der Waals surface area contributed by atoms with E-state index in [4.69, 9.17) is 21.1 Å². The number of halogens is 1. The van der Waals surface area contributed by atoms with Crippen LogP contribution in [0.25, 0.3) is 11.3 Å². The third-order valence-electron chi connectivity index (χ3n) is 3.72. The van der Waals surface area contributed by atoms with Crippen molar-refractivity contribution in [3.05, 3.63) is 65.2 Å². The minimum absolute atomic E-state index is 0.282. The van der Waals surface area contributed by atoms with E-state index in [-0.39, 0.29) is 6.79 Å². The van der Waals surface area contributed by atoms with E-state index in [0.717, 1.165) is 28.3 Å². The van der Waals surface area contributed by atoms with Gasteiger partial charge in [0, 0.05) is 17.1 Å². The van der Waals surface area contributed by atoms with Gasteiger partial charge in [0.1, 0.15) is 5.82 Å². The molecule has 24 heavy (non-hydrogen) atoms. The maximum Gasteiger partial charge on any atom is 0.231 e. The molecular formula is C18H14ClN3O2. The van der Waals surface area contributed by atoms with Gasteiger partial charge in [-0.05, 0) is 42.0 Å². The van der Waals surface area contributed by atoms with Crippen molar-refractivity contribution in [3.63, 3.8) is 0 Å². The molecule has 0 fully saturated rings. The van der Waals surface area contributed by atoms with Crippen LogP contribution >= 0.6 is 11.6 Å². The van der Waals surface area contributed by atoms with E-state index in [1.54, 1.807) is 0 Å². The zero-order chi connectivity index (χ0) is 16.4. The zero-order valence-corrected chi connectivity index (χ0v) is 13.5. The van der Waals surface area contributed by atoms with Crippen molar-refractivity contribution in [3.8, 4) is 22.8 Å². The average molecular weight is 340 g/mol. The first-order valence-corrected chi connectivity index (χ1v) is 7.88. The summed E-state index contributed by atoms with van der Waals surface area (Å²) < 4.78 is 10.7. The number of rotatable bonds is 4. The van der Waals surface area contributed by atoms with Crippen LogP contribution in [0.1, 0.15) is 5.56 Å². The van der Waals surface area contributed by atoms with Crippen LogP contribution in [0, 0.1) is 0 Å². The van der Waals surface area contributed by atoms with E-state index in [1.807, 2.05) is 54.6 Å². The first-order valence-electron chi connectivity index (χ1n) is 7.50. The molecule has 1 aliphatic rings. The standard InChI is InChI=1S/C18H14ClN3O2/c19-14-4-2-13(3-5-14)15-6-8-18(22-21-15)20-10-12-1-7-16-17(9-12)24-11-23-16/h1-9H,10-11H2,(H,20,22). The van der Waals surface area contributed by atoms with Crippen molar-refractivity contribution < 1.29 is 9.47 Å². The number of hydrogen-bond donors (Lipinski definition) is 1. The molecule has 0 unspecified atom stereocenters. The first kappa shape index (κ1) is 14.8. The Morgan fingerprint density at radius 1 is 0.917 bits per heavy atom. The van der Waals surface area contributed by atoms with Gasteiger partial charge in [0.25, 0.3) is 0 Å². The molecule has 0 saturated heterocycles. The Morgan fingerprint density at radius 3 is 2.54 bits per heavy atom. The fraction of sp³-hybridized carbons (Fsp3) is 0.111. The van der Waals surface area contributed by atoms with E-state index in [2.05, 4.69) is 15.5 Å². The van der Waals surface area contributed by atoms with Gasteiger partial charge >= 0.3 is 0 Å². The van der Waals surface area contributed by atoms with Gasteiger partial charge in [-0.1, -0.05) is 29.8 Å². The number of hydrogen-bond acceptors (Lipinski definition) is 5. The number of ether oxygens (including phenoxy) is 2. The number of aromatic nitrogens is 2. The Morgan fingerprint density at radius 2 is 1.75 bits per heavy atom. The second-order valence-corrected chi connectivity index (χ2v) is 5.79. The molecule has 4 rings (SSSR count). The lowest BCUT2D eigenvalue weighted by molar-refractivity contribution is 0.174. The van der Waals surface area contributed by atoms with E-state index in [1.165, 1.54) is 0 Å². The molecule has 6 heteroatoms. The van der Waals surface area contributed by atoms with Gasteiger partial charge in [0.2, 0.25) is 6.79 Å². The highest BCUT2D eigenvalue weighted by Gasteiger charge is 2.13. The fourth-order valence-electron chi connectivity index (χ4n) is 2.44. The monoisotopic (exact) mass is 339 g/mol. The molecule has 0 amide bonds. The molecule has 5 nitrogen and oxygen atoms in total. The minimum atomic E-state index is 0.282. The number of anilines is 1. The lowest BCUT2D eigenvalue weighted by Crippen LogP contribution is -2.02. The molecule has 1 N–H and O–H groups in total. The lowest BCUT2D eigenvalue weighted by atomic mass is 10.1. The zero-order valence-electron chi connectivity index (χ0n) is 12.7. The number of fused-ring (bicyclic) bond motifs is 1. The normalized spacial score (nSPS) is 12.2. The molecule has 0 spiro atoms. The van der Waals surface area contributed by atoms with Crippen molar-refractivity contribution in [2.75, 3.05) is 12.1 Å². The van der Waals surface area contributed by atoms with Crippen LogP contribution in [0.4, 0.5) is 5.82 Å². The van der Waals surface area contributed by atoms with Gasteiger partial charge in [-0.25, -0.2) is 0 Å². The summed E-state index contributed by atoms with van der Waals surface area (Å²) in [5.41, 5.74) is 2.87. The third kappa shape index (κ3) is 3.12. The summed E-state index contributed by atoms with van der Waals surface area (Å²) in [5.74, 6) is 2.27. The largest absolute Gasteiger partial charge is 0.454 e. The Kier molecular flexibility index (Phi) is 3.92. The van der Waals surface area contributed by atoms with E-state index >= 15 is 0 Å². The van der Waals surface area contributed by atoms with Gasteiger partial charge in [0.15, 0.2) is 11.5 Å². The van der Waals surface area contributed by atoms with E-state index in [9.17, 15) is 0 Å². The summed E-state index contributed by atoms with van der Waals surface area (Å²) in [5, 5.41) is 12.4. The van der Waals surface area contributed by atoms with Crippen molar-refractivity contribution in [2.45, 2.75) is 6.54 Å². The summed E-state index contributed by atoms with van der Waals surface area (Å²) in [6.45, 7) is 0.912. The van der Waals surface area contributed by atoms with Crippen LogP contribution in [0.2, 0.25) is 5.02 Å². The van der Waals surface area contributed by atoms with E-state index in [0.29, 0.717) is 17.4 Å². The van der Waals surface area contributed by atoms with Gasteiger partial charge in [0.05, 0.1) is 5.69 Å². The molecule has 0 atom stereocenters. The Balaban J connectivity index is 1.43. The molecule has 1 aliphatic heterocycles. The summed E-state index contributed by atoms with van der Waals surface area (Å²) in [4.78, 5) is 0. The number of nitrogens with one attached hydrogen (secondary N) is 1. The SMILES string of the molecule is Clc1ccc(-c2ccc(NCc3ccc4c(c3)OCO4)nn2)cc1. The molecule has 2 heterocycles. The van der Waals surface area contributed by atoms with Crippen molar-refractivity contribution in [2.24, 2.45) is 0 Å². The summed E-state index contributed by atoms with van der Waals surface area (Å²) in [6, 6.07) is 17.2. The number of nitrogens with zero attached hydrogens (tertiary/aromatic N) is 2. The average Bonchev–Trinajstić information content (AvgIpc) is 3.09. The topological polar surface area (TPSA) is 56.3 Å². The second-order valence-electron chi connectivity index (χ2n) is 5.35. The molecule has 2 aromatic carbocycles. The molecule has 120 valence electrons. The molecular weight excluding hydrogens is 326 g/mol. The van der Waals surface area contributed by atoms with Gasteiger partial charge in [-0.15, -0.1) is 10.2 Å². The van der Waals surface area contributed by atoms with Crippen molar-refractivity contribution in [1.82, 2.24) is 10.2 Å². The predicted molar refractivity (Wildman–Crippen MR) is 92.4 cm³/mol. The fourth-order valence-corrected chi connectivity index (χ4v) is 2.57. The summed E-state index contributed by atoms with van der Waals surface area (Å²) in [6.07, 6.45) is 0. The van der Waals surface area contributed by atoms with E-state index < -0.39 is 0 Å². The van der Waals surface area contributed by atoms with Crippen LogP contribution in [-0.2, 0) is 6.54 Å². The molecule has 0 aliphatic carbocycles. The highest BCUT2D eigenvalue weighted by Crippen LogP contribution is 2.32. The highest BCUT2D eigenvalue weighted by molar-refractivity contribution is 6.30. The molecule has 0 saturated carbocycles. The predicted octanol–water partition coefficient (Wildman–Crippen LogP) is 4.14. The minimum Gasteiger partial charge on any atom is -0.454 e. The summed E-state index contributed by atoms with van der Waals surface area (Å²) in [7, 11) is 0. The van der Waals surface area contributed by atoms with Crippen molar-refractivity contribution >= 4 is 17.4 Å². The maximum atomic E-state index is 5.90. The maximum absolute atomic E-state index is 5.90. The molecule has 3 aromatic rings. The van der Waals surface area contributed by atoms with Crippen LogP contribution in [0.5, 0.6) is 11.5 Å². The van der Waals surface area contributed by atoms with Crippen LogP contribution in [-0.4, -0.2) is 17.0 Å². The Hall–Kier alpha value is -2.79. The van der Waals surface area contributed by atoms with Crippen LogP contribution in [0.3, 0.4) is 0 Å². The Labute approximate surface area is 144 Å². The highest BCUT2D eigenvalue weighted by atomic mass is 35.5. The molecule has 1 aromatic heterocycles. The van der Waals surface area contributed by atoms with Crippen LogP contribution < -0.4 is 14.8 Å². The first-order chi connectivity index (χ1) is 11.8. The smallest absolute Gasteiger partial charge is 0.231 e. The van der Waals surface area contributed by atoms with Crippen LogP contribution in [0.15, 0.2) is 54.6 Å². The third-order valence-corrected chi connectivity index (χ3v) is 3.97. The van der Waals surface area contributed by atoms with Gasteiger partial charge in [-0.3, -0.25) is 0 Å². The van der Waals surface area contributed by atoms with Crippen molar-refractivity contribution in [1.29, 1.82) is 0 Å². The lowest BCUT2D eigenvalue weighted by Gasteiger charge is -2.07. The number of benzene rings is 2. The molecule has 0 bridgehead atoms. The quantitative estimate of drug-likeness (QED) is 0.774. The molecule has 0 radical (unpaired) electrons.